The van der Waals surface area contributed by atoms with E-state index >= 15 is 0 Å². The highest BCUT2D eigenvalue weighted by molar-refractivity contribution is 5.99. The number of unbranched alkanes of at least 4 members (excludes halogenated alkanes) is 1. The number of nitrogens with zero attached hydrogens (tertiary/aromatic N) is 1. The van der Waals surface area contributed by atoms with Crippen LogP contribution in [-0.2, 0) is 14.4 Å². The molecule has 0 saturated carbocycles. The monoisotopic (exact) mass is 314 g/mol. The Kier molecular flexibility index (Phi) is 9.65. The van der Waals surface area contributed by atoms with Gasteiger partial charge in [0.25, 0.3) is 0 Å². The van der Waals surface area contributed by atoms with Crippen molar-refractivity contribution in [3.05, 3.63) is 0 Å². The number of rotatable bonds is 10. The molecule has 1 unspecified atom stereocenters. The first-order chi connectivity index (χ1) is 10.2. The minimum Gasteiger partial charge on any atom is -0.480 e. The molecule has 6 nitrogen and oxygen atoms in total. The average Bonchev–Trinajstić information content (AvgIpc) is 2.35. The van der Waals surface area contributed by atoms with E-state index in [-0.39, 0.29) is 31.1 Å². The number of aliphatic carboxylic acids is 1. The van der Waals surface area contributed by atoms with E-state index in [2.05, 4.69) is 0 Å². The van der Waals surface area contributed by atoms with Crippen LogP contribution in [0.2, 0.25) is 0 Å². The molecule has 22 heavy (non-hydrogen) atoms. The molecule has 128 valence electrons. The van der Waals surface area contributed by atoms with E-state index in [1.807, 2.05) is 27.7 Å². The first-order valence-corrected chi connectivity index (χ1v) is 7.98. The number of carboxylic acid groups (broad SMARTS) is 1. The van der Waals surface area contributed by atoms with Crippen molar-refractivity contribution in [2.24, 2.45) is 17.6 Å². The Hall–Kier alpha value is -1.43. The molecular formula is C16H30N2O4. The van der Waals surface area contributed by atoms with Crippen molar-refractivity contribution in [1.82, 2.24) is 4.90 Å². The van der Waals surface area contributed by atoms with Gasteiger partial charge in [-0.05, 0) is 37.6 Å². The summed E-state index contributed by atoms with van der Waals surface area (Å²) in [6, 6.07) is -1.09. The molecule has 1 atom stereocenters. The lowest BCUT2D eigenvalue weighted by molar-refractivity contribution is -0.159. The van der Waals surface area contributed by atoms with Crippen LogP contribution in [0.15, 0.2) is 0 Å². The summed E-state index contributed by atoms with van der Waals surface area (Å²) in [5, 5.41) is 9.43. The first kappa shape index (κ1) is 20.6. The third-order valence-corrected chi connectivity index (χ3v) is 3.23. The Balaban J connectivity index is 5.24. The summed E-state index contributed by atoms with van der Waals surface area (Å²) < 4.78 is 0. The fourth-order valence-corrected chi connectivity index (χ4v) is 2.23. The molecule has 0 aromatic carbocycles. The van der Waals surface area contributed by atoms with Gasteiger partial charge in [0, 0.05) is 12.8 Å². The third-order valence-electron chi connectivity index (χ3n) is 3.23. The minimum atomic E-state index is -1.13. The van der Waals surface area contributed by atoms with Gasteiger partial charge in [-0.3, -0.25) is 14.5 Å². The summed E-state index contributed by atoms with van der Waals surface area (Å²) >= 11 is 0. The fourth-order valence-electron chi connectivity index (χ4n) is 2.23. The lowest BCUT2D eigenvalue weighted by Crippen LogP contribution is -2.49. The summed E-state index contributed by atoms with van der Waals surface area (Å²) in [4.78, 5) is 37.3. The van der Waals surface area contributed by atoms with E-state index in [9.17, 15) is 19.5 Å². The Morgan fingerprint density at radius 1 is 0.955 bits per heavy atom. The van der Waals surface area contributed by atoms with Crippen molar-refractivity contribution >= 4 is 17.8 Å². The van der Waals surface area contributed by atoms with E-state index < -0.39 is 23.8 Å². The van der Waals surface area contributed by atoms with Gasteiger partial charge in [-0.15, -0.1) is 0 Å². The van der Waals surface area contributed by atoms with Crippen LogP contribution in [0.25, 0.3) is 0 Å². The second-order valence-corrected chi connectivity index (χ2v) is 6.49. The Morgan fingerprint density at radius 3 is 1.73 bits per heavy atom. The topological polar surface area (TPSA) is 101 Å². The Bertz CT molecular complexity index is 358. The molecule has 0 aliphatic carbocycles. The fraction of sp³-hybridized carbons (Fsp3) is 0.812. The number of imide groups is 1. The highest BCUT2D eigenvalue weighted by Crippen LogP contribution is 2.17. The molecule has 0 aromatic rings. The molecule has 0 bridgehead atoms. The molecule has 0 aliphatic rings. The van der Waals surface area contributed by atoms with Crippen LogP contribution in [0.1, 0.15) is 59.8 Å². The standard InChI is InChI=1S/C16H30N2O4/c1-11(2)9-14(19)18(15(20)10-12(3)4)13(16(21)22)7-5-6-8-17/h11-13H,5-10,17H2,1-4H3,(H,21,22). The predicted molar refractivity (Wildman–Crippen MR) is 85.1 cm³/mol. The van der Waals surface area contributed by atoms with Gasteiger partial charge >= 0.3 is 5.97 Å². The number of hydrogen-bond acceptors (Lipinski definition) is 4. The zero-order valence-electron chi connectivity index (χ0n) is 14.2. The summed E-state index contributed by atoms with van der Waals surface area (Å²) in [6.07, 6.45) is 1.84. The second kappa shape index (κ2) is 10.3. The molecule has 0 aromatic heterocycles. The van der Waals surface area contributed by atoms with Crippen molar-refractivity contribution in [3.63, 3.8) is 0 Å². The summed E-state index contributed by atoms with van der Waals surface area (Å²) in [6.45, 7) is 7.94. The molecule has 0 heterocycles. The van der Waals surface area contributed by atoms with Crippen molar-refractivity contribution in [2.45, 2.75) is 65.8 Å². The van der Waals surface area contributed by atoms with Crippen LogP contribution < -0.4 is 5.73 Å². The average molecular weight is 314 g/mol. The van der Waals surface area contributed by atoms with Gasteiger partial charge in [-0.1, -0.05) is 27.7 Å². The lowest BCUT2D eigenvalue weighted by Gasteiger charge is -2.28. The number of carbonyl (C=O) groups is 3. The third kappa shape index (κ3) is 7.54. The molecule has 0 spiro atoms. The normalized spacial score (nSPS) is 12.5. The molecule has 2 amide bonds. The first-order valence-electron chi connectivity index (χ1n) is 7.98. The maximum atomic E-state index is 12.4. The van der Waals surface area contributed by atoms with E-state index in [4.69, 9.17) is 5.73 Å². The zero-order chi connectivity index (χ0) is 17.3. The Morgan fingerprint density at radius 2 is 1.41 bits per heavy atom. The van der Waals surface area contributed by atoms with E-state index in [1.165, 1.54) is 0 Å². The van der Waals surface area contributed by atoms with Gasteiger partial charge in [-0.25, -0.2) is 4.79 Å². The largest absolute Gasteiger partial charge is 0.480 e. The highest BCUT2D eigenvalue weighted by atomic mass is 16.4. The number of nitrogens with two attached hydrogens (primary N) is 1. The smallest absolute Gasteiger partial charge is 0.326 e. The van der Waals surface area contributed by atoms with Crippen LogP contribution in [0.4, 0.5) is 0 Å². The number of carbonyl (C=O) groups excluding carboxylic acids is 2. The zero-order valence-corrected chi connectivity index (χ0v) is 14.2. The molecule has 3 N–H and O–H groups in total. The van der Waals surface area contributed by atoms with E-state index in [1.54, 1.807) is 0 Å². The van der Waals surface area contributed by atoms with Gasteiger partial charge in [0.05, 0.1) is 0 Å². The van der Waals surface area contributed by atoms with Gasteiger partial charge in [0.15, 0.2) is 0 Å². The van der Waals surface area contributed by atoms with Gasteiger partial charge in [-0.2, -0.15) is 0 Å². The van der Waals surface area contributed by atoms with Crippen molar-refractivity contribution in [1.29, 1.82) is 0 Å². The molecule has 0 rings (SSSR count). The van der Waals surface area contributed by atoms with Crippen LogP contribution >= 0.6 is 0 Å². The highest BCUT2D eigenvalue weighted by Gasteiger charge is 2.34. The molecule has 0 aliphatic heterocycles. The van der Waals surface area contributed by atoms with Gasteiger partial charge < -0.3 is 10.8 Å². The molecule has 0 fully saturated rings. The maximum Gasteiger partial charge on any atom is 0.326 e. The minimum absolute atomic E-state index is 0.0698. The summed E-state index contributed by atoms with van der Waals surface area (Å²) in [5.41, 5.74) is 5.42. The van der Waals surface area contributed by atoms with Crippen LogP contribution in [0.3, 0.4) is 0 Å². The molecular weight excluding hydrogens is 284 g/mol. The summed E-state index contributed by atoms with van der Waals surface area (Å²) in [5.74, 6) is -1.80. The van der Waals surface area contributed by atoms with E-state index in [0.29, 0.717) is 19.4 Å². The van der Waals surface area contributed by atoms with Crippen LogP contribution in [0.5, 0.6) is 0 Å². The lowest BCUT2D eigenvalue weighted by atomic mass is 10.0. The number of hydrogen-bond donors (Lipinski definition) is 2. The van der Waals surface area contributed by atoms with Crippen LogP contribution in [0, 0.1) is 11.8 Å². The van der Waals surface area contributed by atoms with Crippen LogP contribution in [-0.4, -0.2) is 40.4 Å². The maximum absolute atomic E-state index is 12.4. The SMILES string of the molecule is CC(C)CC(=O)N(C(=O)CC(C)C)C(CCCCN)C(=O)O. The molecule has 6 heteroatoms. The summed E-state index contributed by atoms with van der Waals surface area (Å²) in [7, 11) is 0. The van der Waals surface area contributed by atoms with E-state index in [0.717, 1.165) is 4.90 Å². The molecule has 0 radical (unpaired) electrons. The van der Waals surface area contributed by atoms with Gasteiger partial charge in [0.1, 0.15) is 6.04 Å². The molecule has 0 saturated heterocycles. The van der Waals surface area contributed by atoms with Crippen molar-refractivity contribution in [3.8, 4) is 0 Å². The quantitative estimate of drug-likeness (QED) is 0.601. The number of carboxylic acids is 1. The predicted octanol–water partition coefficient (Wildman–Crippen LogP) is 2.02. The second-order valence-electron chi connectivity index (χ2n) is 6.49. The van der Waals surface area contributed by atoms with Gasteiger partial charge in [0.2, 0.25) is 11.8 Å². The number of amides is 2. The van der Waals surface area contributed by atoms with Crippen molar-refractivity contribution in [2.75, 3.05) is 6.54 Å². The Labute approximate surface area is 133 Å². The van der Waals surface area contributed by atoms with Crippen molar-refractivity contribution < 1.29 is 19.5 Å².